The van der Waals surface area contributed by atoms with E-state index in [0.29, 0.717) is 5.56 Å². The number of piperidine rings is 1. The van der Waals surface area contributed by atoms with E-state index >= 15 is 0 Å². The number of hydrogen-bond donors (Lipinski definition) is 2. The minimum absolute atomic E-state index is 0. The van der Waals surface area contributed by atoms with Gasteiger partial charge in [0, 0.05) is 11.6 Å². The van der Waals surface area contributed by atoms with Gasteiger partial charge in [-0.1, -0.05) is 12.1 Å². The fourth-order valence-electron chi connectivity index (χ4n) is 3.89. The number of rotatable bonds is 4. The van der Waals surface area contributed by atoms with Crippen molar-refractivity contribution >= 4 is 24.0 Å². The summed E-state index contributed by atoms with van der Waals surface area (Å²) in [6.07, 6.45) is 3.48. The van der Waals surface area contributed by atoms with Crippen molar-refractivity contribution in [2.75, 3.05) is 18.4 Å². The fraction of sp³-hybridized carbons (Fsp3) is 0.304. The molecule has 2 aromatic carbocycles. The average molecular weight is 429 g/mol. The van der Waals surface area contributed by atoms with E-state index in [1.165, 1.54) is 12.1 Å². The summed E-state index contributed by atoms with van der Waals surface area (Å²) in [5, 5.41) is 10.9. The lowest BCUT2D eigenvalue weighted by molar-refractivity contribution is 0.102. The maximum Gasteiger partial charge on any atom is 0.259 e. The van der Waals surface area contributed by atoms with Gasteiger partial charge in [-0.25, -0.2) is 9.07 Å². The summed E-state index contributed by atoms with van der Waals surface area (Å²) in [6, 6.07) is 12.1. The quantitative estimate of drug-likeness (QED) is 0.629. The third kappa shape index (κ3) is 4.40. The van der Waals surface area contributed by atoms with Crippen molar-refractivity contribution in [2.45, 2.75) is 32.6 Å². The largest absolute Gasteiger partial charge is 0.322 e. The lowest BCUT2D eigenvalue weighted by Gasteiger charge is -2.24. The molecule has 158 valence electrons. The van der Waals surface area contributed by atoms with E-state index in [9.17, 15) is 9.18 Å². The first-order valence-electron chi connectivity index (χ1n) is 9.96. The first-order valence-corrected chi connectivity index (χ1v) is 9.96. The summed E-state index contributed by atoms with van der Waals surface area (Å²) in [7, 11) is 0. The van der Waals surface area contributed by atoms with Gasteiger partial charge in [0.25, 0.3) is 5.91 Å². The monoisotopic (exact) mass is 428 g/mol. The number of aromatic nitrogens is 2. The van der Waals surface area contributed by atoms with Crippen LogP contribution in [0.1, 0.15) is 45.9 Å². The topological polar surface area (TPSA) is 59.0 Å². The molecule has 1 aromatic heterocycles. The van der Waals surface area contributed by atoms with Crippen molar-refractivity contribution in [3.63, 3.8) is 0 Å². The van der Waals surface area contributed by atoms with Crippen LogP contribution in [0, 0.1) is 19.7 Å². The summed E-state index contributed by atoms with van der Waals surface area (Å²) in [5.41, 5.74) is 5.20. The number of nitrogens with one attached hydrogen (secondary N) is 2. The van der Waals surface area contributed by atoms with Crippen LogP contribution < -0.4 is 10.6 Å². The smallest absolute Gasteiger partial charge is 0.259 e. The molecule has 1 aliphatic rings. The Morgan fingerprint density at radius 2 is 1.83 bits per heavy atom. The summed E-state index contributed by atoms with van der Waals surface area (Å²) < 4.78 is 15.2. The Kier molecular flexibility index (Phi) is 6.90. The Morgan fingerprint density at radius 3 is 2.53 bits per heavy atom. The Hall–Kier alpha value is -2.70. The molecule has 7 heteroatoms. The number of carbonyl (C=O) groups is 1. The van der Waals surface area contributed by atoms with Gasteiger partial charge in [0.1, 0.15) is 5.82 Å². The predicted molar refractivity (Wildman–Crippen MR) is 119 cm³/mol. The van der Waals surface area contributed by atoms with Gasteiger partial charge in [-0.3, -0.25) is 4.79 Å². The van der Waals surface area contributed by atoms with E-state index in [0.717, 1.165) is 54.1 Å². The average Bonchev–Trinajstić information content (AvgIpc) is 3.18. The molecule has 30 heavy (non-hydrogen) atoms. The molecule has 1 amide bonds. The van der Waals surface area contributed by atoms with Crippen molar-refractivity contribution in [1.82, 2.24) is 15.1 Å². The molecule has 0 bridgehead atoms. The number of benzene rings is 2. The van der Waals surface area contributed by atoms with Crippen LogP contribution in [-0.4, -0.2) is 28.8 Å². The fourth-order valence-corrected chi connectivity index (χ4v) is 3.89. The van der Waals surface area contributed by atoms with Crippen LogP contribution in [0.3, 0.4) is 0 Å². The Morgan fingerprint density at radius 1 is 1.13 bits per heavy atom. The zero-order chi connectivity index (χ0) is 20.4. The van der Waals surface area contributed by atoms with Gasteiger partial charge in [-0.05, 0) is 81.2 Å². The van der Waals surface area contributed by atoms with Crippen molar-refractivity contribution in [2.24, 2.45) is 0 Å². The van der Waals surface area contributed by atoms with Gasteiger partial charge in [0.05, 0.1) is 23.1 Å². The normalized spacial score (nSPS) is 14.2. The predicted octanol–water partition coefficient (Wildman–Crippen LogP) is 4.77. The van der Waals surface area contributed by atoms with Crippen molar-refractivity contribution in [3.05, 3.63) is 76.9 Å². The van der Waals surface area contributed by atoms with Crippen LogP contribution in [0.2, 0.25) is 0 Å². The molecule has 0 radical (unpaired) electrons. The second-order valence-electron chi connectivity index (χ2n) is 7.56. The van der Waals surface area contributed by atoms with Crippen LogP contribution in [-0.2, 0) is 0 Å². The van der Waals surface area contributed by atoms with E-state index in [-0.39, 0.29) is 30.0 Å². The molecule has 2 heterocycles. The van der Waals surface area contributed by atoms with Crippen molar-refractivity contribution < 1.29 is 9.18 Å². The third-order valence-electron chi connectivity index (χ3n) is 5.70. The number of aryl methyl sites for hydroxylation is 1. The molecule has 0 aliphatic carbocycles. The molecule has 4 rings (SSSR count). The van der Waals surface area contributed by atoms with E-state index in [1.807, 2.05) is 32.0 Å². The third-order valence-corrected chi connectivity index (χ3v) is 5.70. The first kappa shape index (κ1) is 22.0. The number of anilines is 1. The summed E-state index contributed by atoms with van der Waals surface area (Å²) in [5.74, 6) is -0.249. The number of amides is 1. The molecule has 1 aliphatic heterocycles. The second-order valence-corrected chi connectivity index (χ2v) is 7.56. The molecule has 0 saturated carbocycles. The van der Waals surface area contributed by atoms with Crippen LogP contribution in [0.4, 0.5) is 10.1 Å². The number of halogens is 2. The maximum atomic E-state index is 13.4. The number of nitrogens with zero attached hydrogens (tertiary/aromatic N) is 2. The summed E-state index contributed by atoms with van der Waals surface area (Å²) >= 11 is 0. The van der Waals surface area contributed by atoms with E-state index in [4.69, 9.17) is 0 Å². The lowest BCUT2D eigenvalue weighted by atomic mass is 9.91. The van der Waals surface area contributed by atoms with Crippen LogP contribution >= 0.6 is 12.4 Å². The van der Waals surface area contributed by atoms with Gasteiger partial charge in [0.2, 0.25) is 0 Å². The molecular formula is C23H26ClFN4O. The van der Waals surface area contributed by atoms with Gasteiger partial charge < -0.3 is 10.6 Å². The van der Waals surface area contributed by atoms with Gasteiger partial charge in [-0.15, -0.1) is 12.4 Å². The zero-order valence-electron chi connectivity index (χ0n) is 17.1. The minimum Gasteiger partial charge on any atom is -0.322 e. The highest BCUT2D eigenvalue weighted by Gasteiger charge is 2.27. The first-order chi connectivity index (χ1) is 14.0. The SMILES string of the molecule is Cc1cccc(NC(=O)c2cnn(-c3ccc(F)cc3)c2C2CCNCC2)c1C.Cl. The van der Waals surface area contributed by atoms with Gasteiger partial charge >= 0.3 is 0 Å². The molecule has 0 atom stereocenters. The number of carbonyl (C=O) groups excluding carboxylic acids is 1. The molecule has 1 fully saturated rings. The van der Waals surface area contributed by atoms with E-state index < -0.39 is 0 Å². The molecule has 2 N–H and O–H groups in total. The highest BCUT2D eigenvalue weighted by molar-refractivity contribution is 6.05. The van der Waals surface area contributed by atoms with Gasteiger partial charge in [0.15, 0.2) is 0 Å². The Labute approximate surface area is 182 Å². The second kappa shape index (κ2) is 9.41. The standard InChI is InChI=1S/C23H25FN4O.ClH/c1-15-4-3-5-21(16(15)2)27-23(29)20-14-26-28(19-8-6-18(24)7-9-19)22(20)17-10-12-25-13-11-17;/h3-9,14,17,25H,10-13H2,1-2H3,(H,27,29);1H. The molecule has 5 nitrogen and oxygen atoms in total. The summed E-state index contributed by atoms with van der Waals surface area (Å²) in [4.78, 5) is 13.2. The molecule has 3 aromatic rings. The highest BCUT2D eigenvalue weighted by Crippen LogP contribution is 2.31. The summed E-state index contributed by atoms with van der Waals surface area (Å²) in [6.45, 7) is 5.83. The van der Waals surface area contributed by atoms with Crippen LogP contribution in [0.25, 0.3) is 5.69 Å². The van der Waals surface area contributed by atoms with Crippen molar-refractivity contribution in [1.29, 1.82) is 0 Å². The molecule has 0 spiro atoms. The molecule has 1 saturated heterocycles. The Bertz CT molecular complexity index is 1030. The maximum absolute atomic E-state index is 13.4. The van der Waals surface area contributed by atoms with E-state index in [2.05, 4.69) is 15.7 Å². The molecular weight excluding hydrogens is 403 g/mol. The lowest BCUT2D eigenvalue weighted by Crippen LogP contribution is -2.29. The molecule has 0 unspecified atom stereocenters. The van der Waals surface area contributed by atoms with Crippen LogP contribution in [0.15, 0.2) is 48.7 Å². The minimum atomic E-state index is -0.294. The van der Waals surface area contributed by atoms with Gasteiger partial charge in [-0.2, -0.15) is 5.10 Å². The zero-order valence-corrected chi connectivity index (χ0v) is 17.9. The highest BCUT2D eigenvalue weighted by atomic mass is 35.5. The van der Waals surface area contributed by atoms with E-state index in [1.54, 1.807) is 23.0 Å². The Balaban J connectivity index is 0.00000256. The van der Waals surface area contributed by atoms with Crippen molar-refractivity contribution in [3.8, 4) is 5.69 Å². The number of hydrogen-bond acceptors (Lipinski definition) is 3. The van der Waals surface area contributed by atoms with Crippen LogP contribution in [0.5, 0.6) is 0 Å².